The van der Waals surface area contributed by atoms with Crippen LogP contribution in [0.25, 0.3) is 5.57 Å². The van der Waals surface area contributed by atoms with E-state index < -0.39 is 0 Å². The lowest BCUT2D eigenvalue weighted by Gasteiger charge is -2.57. The van der Waals surface area contributed by atoms with Crippen LogP contribution < -0.4 is 0 Å². The molecular formula is C23H32N2O. The molecule has 2 fully saturated rings. The number of aromatic nitrogens is 2. The third-order valence-corrected chi connectivity index (χ3v) is 8.76. The van der Waals surface area contributed by atoms with Crippen LogP contribution in [-0.4, -0.2) is 21.0 Å². The summed E-state index contributed by atoms with van der Waals surface area (Å²) in [5.41, 5.74) is 5.05. The molecule has 0 bridgehead atoms. The van der Waals surface area contributed by atoms with Gasteiger partial charge in [-0.25, -0.2) is 0 Å². The minimum Gasteiger partial charge on any atom is -0.393 e. The van der Waals surface area contributed by atoms with E-state index >= 15 is 0 Å². The van der Waals surface area contributed by atoms with E-state index in [2.05, 4.69) is 44.2 Å². The minimum atomic E-state index is -0.107. The molecule has 4 aliphatic rings. The Morgan fingerprint density at radius 2 is 1.88 bits per heavy atom. The monoisotopic (exact) mass is 352 g/mol. The standard InChI is InChI=1S/C23H32N2O/c1-22-11-8-16(26)14-15(22)4-5-17-18-6-7-20(21-10-13-24-25(21)3)23(18,2)12-9-19(17)22/h4,7,10,13,16-19,26H,5-6,8-9,11-12,14H2,1-3H3/t16-,17-,18-,19-,22-,23-/m0/s1. The molecule has 6 atom stereocenters. The second-order valence-corrected chi connectivity index (χ2v) is 9.81. The summed E-state index contributed by atoms with van der Waals surface area (Å²) >= 11 is 0. The van der Waals surface area contributed by atoms with Crippen LogP contribution in [0.4, 0.5) is 0 Å². The molecule has 0 spiro atoms. The fourth-order valence-electron chi connectivity index (χ4n) is 7.24. The van der Waals surface area contributed by atoms with Crippen LogP contribution in [0.1, 0.15) is 64.5 Å². The minimum absolute atomic E-state index is 0.107. The summed E-state index contributed by atoms with van der Waals surface area (Å²) in [6.45, 7) is 5.03. The van der Waals surface area contributed by atoms with Crippen molar-refractivity contribution < 1.29 is 5.11 Å². The number of aliphatic hydroxyl groups excluding tert-OH is 1. The third-order valence-electron chi connectivity index (χ3n) is 8.76. The van der Waals surface area contributed by atoms with Gasteiger partial charge < -0.3 is 5.11 Å². The maximum Gasteiger partial charge on any atom is 0.0640 e. The molecule has 0 aromatic carbocycles. The van der Waals surface area contributed by atoms with Crippen LogP contribution >= 0.6 is 0 Å². The Hall–Kier alpha value is -1.35. The Balaban J connectivity index is 1.49. The van der Waals surface area contributed by atoms with Crippen LogP contribution in [0.15, 0.2) is 30.0 Å². The molecule has 0 unspecified atom stereocenters. The van der Waals surface area contributed by atoms with Gasteiger partial charge in [-0.1, -0.05) is 31.6 Å². The van der Waals surface area contributed by atoms with Gasteiger partial charge in [0.25, 0.3) is 0 Å². The molecule has 140 valence electrons. The molecular weight excluding hydrogens is 320 g/mol. The van der Waals surface area contributed by atoms with Crippen LogP contribution in [0.3, 0.4) is 0 Å². The Kier molecular flexibility index (Phi) is 3.60. The summed E-state index contributed by atoms with van der Waals surface area (Å²) in [5, 5.41) is 14.6. The first kappa shape index (κ1) is 16.8. The smallest absolute Gasteiger partial charge is 0.0640 e. The molecule has 1 heterocycles. The summed E-state index contributed by atoms with van der Waals surface area (Å²) in [5.74, 6) is 2.35. The Morgan fingerprint density at radius 3 is 2.65 bits per heavy atom. The molecule has 2 saturated carbocycles. The number of aliphatic hydroxyl groups is 1. The zero-order valence-electron chi connectivity index (χ0n) is 16.4. The van der Waals surface area contributed by atoms with Crippen molar-refractivity contribution in [1.82, 2.24) is 9.78 Å². The largest absolute Gasteiger partial charge is 0.393 e. The quantitative estimate of drug-likeness (QED) is 0.742. The van der Waals surface area contributed by atoms with Crippen LogP contribution in [0, 0.1) is 28.6 Å². The van der Waals surface area contributed by atoms with Crippen LogP contribution in [0.2, 0.25) is 0 Å². The van der Waals surface area contributed by atoms with Crippen molar-refractivity contribution in [3.8, 4) is 0 Å². The first-order valence-corrected chi connectivity index (χ1v) is 10.5. The van der Waals surface area contributed by atoms with E-state index in [0.717, 1.165) is 30.6 Å². The number of fused-ring (bicyclic) bond motifs is 5. The van der Waals surface area contributed by atoms with Crippen molar-refractivity contribution in [2.24, 2.45) is 35.6 Å². The van der Waals surface area contributed by atoms with Gasteiger partial charge in [0.2, 0.25) is 0 Å². The predicted molar refractivity (Wildman–Crippen MR) is 104 cm³/mol. The zero-order chi connectivity index (χ0) is 18.1. The van der Waals surface area contributed by atoms with E-state index in [4.69, 9.17) is 0 Å². The summed E-state index contributed by atoms with van der Waals surface area (Å²) in [4.78, 5) is 0. The molecule has 4 aliphatic carbocycles. The van der Waals surface area contributed by atoms with Gasteiger partial charge in [-0.3, -0.25) is 4.68 Å². The molecule has 0 aliphatic heterocycles. The maximum absolute atomic E-state index is 10.2. The molecule has 0 amide bonds. The molecule has 3 heteroatoms. The van der Waals surface area contributed by atoms with Crippen molar-refractivity contribution in [2.75, 3.05) is 0 Å². The SMILES string of the molecule is Cn1nccc1C1=CC[C@H]2[C@@H]3CC=C4C[C@@H](O)CC[C@]4(C)[C@H]3CC[C@]12C. The highest BCUT2D eigenvalue weighted by Gasteiger charge is 2.56. The van der Waals surface area contributed by atoms with E-state index in [9.17, 15) is 5.11 Å². The van der Waals surface area contributed by atoms with Gasteiger partial charge in [-0.2, -0.15) is 5.10 Å². The number of hydrogen-bond acceptors (Lipinski definition) is 2. The zero-order valence-corrected chi connectivity index (χ0v) is 16.4. The van der Waals surface area contributed by atoms with E-state index in [1.165, 1.54) is 37.8 Å². The van der Waals surface area contributed by atoms with Crippen LogP contribution in [0.5, 0.6) is 0 Å². The Bertz CT molecular complexity index is 790. The van der Waals surface area contributed by atoms with Crippen molar-refractivity contribution in [1.29, 1.82) is 0 Å². The van der Waals surface area contributed by atoms with Gasteiger partial charge in [0.1, 0.15) is 0 Å². The van der Waals surface area contributed by atoms with Gasteiger partial charge >= 0.3 is 0 Å². The lowest BCUT2D eigenvalue weighted by atomic mass is 9.47. The van der Waals surface area contributed by atoms with Gasteiger partial charge in [-0.15, -0.1) is 0 Å². The first-order valence-electron chi connectivity index (χ1n) is 10.5. The van der Waals surface area contributed by atoms with Gasteiger partial charge in [-0.05, 0) is 85.2 Å². The van der Waals surface area contributed by atoms with E-state index in [-0.39, 0.29) is 6.10 Å². The maximum atomic E-state index is 10.2. The lowest BCUT2D eigenvalue weighted by Crippen LogP contribution is -2.49. The summed E-state index contributed by atoms with van der Waals surface area (Å²) in [7, 11) is 2.07. The van der Waals surface area contributed by atoms with Crippen molar-refractivity contribution in [2.45, 2.75) is 64.9 Å². The van der Waals surface area contributed by atoms with Gasteiger partial charge in [0.05, 0.1) is 11.8 Å². The highest BCUT2D eigenvalue weighted by molar-refractivity contribution is 5.70. The van der Waals surface area contributed by atoms with E-state index in [1.807, 2.05) is 10.9 Å². The topological polar surface area (TPSA) is 38.0 Å². The average Bonchev–Trinajstić information content (AvgIpc) is 3.17. The van der Waals surface area contributed by atoms with Crippen molar-refractivity contribution >= 4 is 5.57 Å². The fraction of sp³-hybridized carbons (Fsp3) is 0.696. The lowest BCUT2D eigenvalue weighted by molar-refractivity contribution is -0.0239. The second-order valence-electron chi connectivity index (χ2n) is 9.81. The summed E-state index contributed by atoms with van der Waals surface area (Å²) in [6.07, 6.45) is 15.0. The third kappa shape index (κ3) is 2.13. The molecule has 0 saturated heterocycles. The highest BCUT2D eigenvalue weighted by atomic mass is 16.3. The van der Waals surface area contributed by atoms with E-state index in [1.54, 1.807) is 11.1 Å². The van der Waals surface area contributed by atoms with Gasteiger partial charge in [0.15, 0.2) is 0 Å². The Labute approximate surface area is 157 Å². The van der Waals surface area contributed by atoms with Gasteiger partial charge in [0, 0.05) is 13.2 Å². The Morgan fingerprint density at radius 1 is 1.08 bits per heavy atom. The number of nitrogens with zero attached hydrogens (tertiary/aromatic N) is 2. The highest BCUT2D eigenvalue weighted by Crippen LogP contribution is 2.66. The van der Waals surface area contributed by atoms with Crippen LogP contribution in [-0.2, 0) is 7.05 Å². The molecule has 3 nitrogen and oxygen atoms in total. The number of allylic oxidation sites excluding steroid dienone is 3. The molecule has 26 heavy (non-hydrogen) atoms. The number of rotatable bonds is 1. The number of hydrogen-bond donors (Lipinski definition) is 1. The normalized spacial score (nSPS) is 44.6. The summed E-state index contributed by atoms with van der Waals surface area (Å²) < 4.78 is 2.05. The molecule has 1 aromatic heterocycles. The van der Waals surface area contributed by atoms with Crippen molar-refractivity contribution in [3.63, 3.8) is 0 Å². The predicted octanol–water partition coefficient (Wildman–Crippen LogP) is 4.74. The molecule has 0 radical (unpaired) electrons. The molecule has 1 aromatic rings. The summed E-state index contributed by atoms with van der Waals surface area (Å²) in [6, 6.07) is 2.19. The fourth-order valence-corrected chi connectivity index (χ4v) is 7.24. The molecule has 1 N–H and O–H groups in total. The number of aryl methyl sites for hydroxylation is 1. The average molecular weight is 353 g/mol. The van der Waals surface area contributed by atoms with Crippen molar-refractivity contribution in [3.05, 3.63) is 35.7 Å². The second kappa shape index (κ2) is 5.58. The first-order chi connectivity index (χ1) is 12.4. The molecule has 5 rings (SSSR count). The van der Waals surface area contributed by atoms with E-state index in [0.29, 0.717) is 10.8 Å².